The number of carbonyl (C=O) groups is 3. The van der Waals surface area contributed by atoms with Crippen molar-refractivity contribution in [3.63, 3.8) is 0 Å². The Balaban J connectivity index is 1.56. The van der Waals surface area contributed by atoms with Crippen molar-refractivity contribution >= 4 is 29.1 Å². The average Bonchev–Trinajstić information content (AvgIpc) is 3.44. The number of hydrogen-bond acceptors (Lipinski definition) is 5. The first-order valence-electron chi connectivity index (χ1n) is 14.0. The predicted molar refractivity (Wildman–Crippen MR) is 159 cm³/mol. The van der Waals surface area contributed by atoms with Gasteiger partial charge in [0.1, 0.15) is 17.2 Å². The number of anilines is 1. The Hall–Kier alpha value is -4.77. The summed E-state index contributed by atoms with van der Waals surface area (Å²) in [6.07, 6.45) is 3.93. The molecule has 7 rings (SSSR count). The Labute approximate surface area is 239 Å². The van der Waals surface area contributed by atoms with Crippen LogP contribution in [0.1, 0.15) is 60.6 Å². The van der Waals surface area contributed by atoms with Crippen molar-refractivity contribution in [3.05, 3.63) is 137 Å². The number of para-hydroxylation sites is 2. The molecule has 41 heavy (non-hydrogen) atoms. The SMILES string of the molecule is CCOc1ccccc1[C@@H]1[C@@H](C(=O)c2ccc(C)cc2)N2c3ccccc3C=C[C@H]2C12C(=O)c1ccccc1C2=O. The molecule has 4 aromatic rings. The molecule has 2 aliphatic heterocycles. The molecule has 1 fully saturated rings. The summed E-state index contributed by atoms with van der Waals surface area (Å²) in [5, 5.41) is 0. The number of hydrogen-bond donors (Lipinski definition) is 0. The molecule has 0 radical (unpaired) electrons. The van der Waals surface area contributed by atoms with Gasteiger partial charge >= 0.3 is 0 Å². The molecule has 4 aromatic carbocycles. The van der Waals surface area contributed by atoms with E-state index in [0.717, 1.165) is 16.8 Å². The first-order valence-corrected chi connectivity index (χ1v) is 14.0. The predicted octanol–water partition coefficient (Wildman–Crippen LogP) is 6.71. The number of nitrogens with zero attached hydrogens (tertiary/aromatic N) is 1. The van der Waals surface area contributed by atoms with Crippen molar-refractivity contribution in [2.24, 2.45) is 5.41 Å². The smallest absolute Gasteiger partial charge is 0.185 e. The highest BCUT2D eigenvalue weighted by Crippen LogP contribution is 2.61. The summed E-state index contributed by atoms with van der Waals surface area (Å²) in [6.45, 7) is 4.29. The van der Waals surface area contributed by atoms with E-state index in [1.807, 2.05) is 104 Å². The minimum Gasteiger partial charge on any atom is -0.494 e. The maximum absolute atomic E-state index is 14.8. The van der Waals surface area contributed by atoms with Crippen LogP contribution in [0.5, 0.6) is 5.75 Å². The number of Topliss-reactive ketones (excluding diaryl/α,β-unsaturated/α-hetero) is 3. The number of aryl methyl sites for hydroxylation is 1. The molecule has 3 atom stereocenters. The molecule has 0 amide bonds. The number of fused-ring (bicyclic) bond motifs is 5. The van der Waals surface area contributed by atoms with Gasteiger partial charge in [-0.3, -0.25) is 14.4 Å². The molecular weight excluding hydrogens is 510 g/mol. The van der Waals surface area contributed by atoms with Crippen LogP contribution < -0.4 is 9.64 Å². The summed E-state index contributed by atoms with van der Waals surface area (Å²) in [4.78, 5) is 46.3. The lowest BCUT2D eigenvalue weighted by atomic mass is 9.64. The van der Waals surface area contributed by atoms with Gasteiger partial charge in [-0.1, -0.05) is 103 Å². The van der Waals surface area contributed by atoms with Gasteiger partial charge in [-0.05, 0) is 31.5 Å². The van der Waals surface area contributed by atoms with Crippen LogP contribution in [0.25, 0.3) is 6.08 Å². The maximum Gasteiger partial charge on any atom is 0.185 e. The largest absolute Gasteiger partial charge is 0.494 e. The van der Waals surface area contributed by atoms with Crippen LogP contribution in [0, 0.1) is 12.3 Å². The summed E-state index contributed by atoms with van der Waals surface area (Å²) >= 11 is 0. The lowest BCUT2D eigenvalue weighted by molar-refractivity contribution is 0.0664. The normalized spacial score (nSPS) is 21.5. The van der Waals surface area contributed by atoms with Gasteiger partial charge in [0.05, 0.1) is 12.6 Å². The van der Waals surface area contributed by atoms with Crippen LogP contribution >= 0.6 is 0 Å². The van der Waals surface area contributed by atoms with E-state index in [9.17, 15) is 14.4 Å². The first-order chi connectivity index (χ1) is 20.0. The van der Waals surface area contributed by atoms with E-state index in [1.165, 1.54) is 0 Å². The average molecular weight is 540 g/mol. The topological polar surface area (TPSA) is 63.7 Å². The molecule has 2 heterocycles. The third kappa shape index (κ3) is 3.45. The van der Waals surface area contributed by atoms with Gasteiger partial charge < -0.3 is 9.64 Å². The van der Waals surface area contributed by atoms with E-state index in [-0.39, 0.29) is 17.3 Å². The number of ether oxygens (including phenoxy) is 1. The monoisotopic (exact) mass is 539 g/mol. The lowest BCUT2D eigenvalue weighted by Crippen LogP contribution is -2.48. The van der Waals surface area contributed by atoms with E-state index in [1.54, 1.807) is 24.3 Å². The van der Waals surface area contributed by atoms with Crippen LogP contribution in [0.3, 0.4) is 0 Å². The van der Waals surface area contributed by atoms with Crippen molar-refractivity contribution in [2.75, 3.05) is 11.5 Å². The molecular formula is C36H29NO4. The molecule has 1 spiro atoms. The first kappa shape index (κ1) is 25.2. The maximum atomic E-state index is 14.8. The number of rotatable bonds is 5. The van der Waals surface area contributed by atoms with Gasteiger partial charge in [0, 0.05) is 33.9 Å². The summed E-state index contributed by atoms with van der Waals surface area (Å²) < 4.78 is 6.10. The van der Waals surface area contributed by atoms with Crippen molar-refractivity contribution in [1.82, 2.24) is 0 Å². The molecule has 0 saturated carbocycles. The summed E-state index contributed by atoms with van der Waals surface area (Å²) in [5.41, 5.74) is 3.31. The Morgan fingerprint density at radius 2 is 1.46 bits per heavy atom. The van der Waals surface area contributed by atoms with E-state index in [0.29, 0.717) is 34.6 Å². The van der Waals surface area contributed by atoms with E-state index >= 15 is 0 Å². The van der Waals surface area contributed by atoms with Gasteiger partial charge in [-0.25, -0.2) is 0 Å². The molecule has 5 heteroatoms. The Bertz CT molecular complexity index is 1720. The van der Waals surface area contributed by atoms with Crippen LogP contribution in [0.4, 0.5) is 5.69 Å². The zero-order valence-corrected chi connectivity index (χ0v) is 22.9. The second-order valence-electron chi connectivity index (χ2n) is 11.0. The zero-order valence-electron chi connectivity index (χ0n) is 22.9. The van der Waals surface area contributed by atoms with Gasteiger partial charge in [-0.2, -0.15) is 0 Å². The fourth-order valence-electron chi connectivity index (χ4n) is 7.17. The van der Waals surface area contributed by atoms with E-state index < -0.39 is 23.4 Å². The quantitative estimate of drug-likeness (QED) is 0.208. The molecule has 5 nitrogen and oxygen atoms in total. The molecule has 0 N–H and O–H groups in total. The molecule has 1 saturated heterocycles. The number of ketones is 3. The highest BCUT2D eigenvalue weighted by atomic mass is 16.5. The van der Waals surface area contributed by atoms with Crippen LogP contribution in [0.15, 0.2) is 103 Å². The van der Waals surface area contributed by atoms with Crippen LogP contribution in [-0.2, 0) is 0 Å². The highest BCUT2D eigenvalue weighted by Gasteiger charge is 2.71. The Kier molecular flexibility index (Phi) is 5.79. The molecule has 3 aliphatic rings. The third-order valence-corrected chi connectivity index (χ3v) is 8.87. The third-order valence-electron chi connectivity index (χ3n) is 8.87. The fraction of sp³-hybridized carbons (Fsp3) is 0.194. The molecule has 202 valence electrons. The molecule has 0 unspecified atom stereocenters. The lowest BCUT2D eigenvalue weighted by Gasteiger charge is -2.37. The summed E-state index contributed by atoms with van der Waals surface area (Å²) in [5.74, 6) is -0.841. The summed E-state index contributed by atoms with van der Waals surface area (Å²) in [6, 6.07) is 28.5. The Morgan fingerprint density at radius 3 is 2.17 bits per heavy atom. The van der Waals surface area contributed by atoms with Crippen LogP contribution in [0.2, 0.25) is 0 Å². The Morgan fingerprint density at radius 1 is 0.829 bits per heavy atom. The zero-order chi connectivity index (χ0) is 28.3. The van der Waals surface area contributed by atoms with Gasteiger partial charge in [0.15, 0.2) is 17.3 Å². The van der Waals surface area contributed by atoms with Gasteiger partial charge in [0.25, 0.3) is 0 Å². The standard InChI is InChI=1S/C36H29NO4/c1-3-41-29-15-9-7-13-27(29)31-32(33(38)24-18-16-22(2)17-19-24)37-28-14-8-4-10-23(28)20-21-30(37)36(31)34(39)25-11-5-6-12-26(25)35(36)40/h4-21,30-32H,3H2,1-2H3/t30-,31+,32-/m0/s1. The highest BCUT2D eigenvalue weighted by molar-refractivity contribution is 6.32. The van der Waals surface area contributed by atoms with Gasteiger partial charge in [-0.15, -0.1) is 0 Å². The van der Waals surface area contributed by atoms with Crippen molar-refractivity contribution < 1.29 is 19.1 Å². The minimum atomic E-state index is -1.55. The summed E-state index contributed by atoms with van der Waals surface area (Å²) in [7, 11) is 0. The van der Waals surface area contributed by atoms with Crippen LogP contribution in [-0.4, -0.2) is 36.0 Å². The van der Waals surface area contributed by atoms with E-state index in [2.05, 4.69) is 0 Å². The minimum absolute atomic E-state index is 0.134. The van der Waals surface area contributed by atoms with Crippen molar-refractivity contribution in [1.29, 1.82) is 0 Å². The second-order valence-corrected chi connectivity index (χ2v) is 11.0. The number of benzene rings is 4. The van der Waals surface area contributed by atoms with Crippen molar-refractivity contribution in [3.8, 4) is 5.75 Å². The molecule has 0 aromatic heterocycles. The molecule has 1 aliphatic carbocycles. The van der Waals surface area contributed by atoms with E-state index in [4.69, 9.17) is 4.74 Å². The van der Waals surface area contributed by atoms with Gasteiger partial charge in [0.2, 0.25) is 0 Å². The second kappa shape index (κ2) is 9.41. The van der Waals surface area contributed by atoms with Crippen molar-refractivity contribution in [2.45, 2.75) is 31.8 Å². The molecule has 0 bridgehead atoms. The fourth-order valence-corrected chi connectivity index (χ4v) is 7.17. The number of carbonyl (C=O) groups excluding carboxylic acids is 3.